The van der Waals surface area contributed by atoms with Crippen LogP contribution >= 0.6 is 0 Å². The fourth-order valence-corrected chi connectivity index (χ4v) is 8.00. The van der Waals surface area contributed by atoms with Crippen LogP contribution in [0.3, 0.4) is 0 Å². The van der Waals surface area contributed by atoms with Crippen LogP contribution in [0, 0.1) is 0 Å². The molecule has 2 heterocycles. The highest BCUT2D eigenvalue weighted by Gasteiger charge is 2.78. The number of carbonyl (C=O) groups is 1. The quantitative estimate of drug-likeness (QED) is 0.587. The summed E-state index contributed by atoms with van der Waals surface area (Å²) in [5.41, 5.74) is -1.55. The van der Waals surface area contributed by atoms with Crippen molar-refractivity contribution in [1.29, 1.82) is 0 Å². The number of ether oxygens (including phenoxy) is 1. The van der Waals surface area contributed by atoms with Gasteiger partial charge in [-0.05, 0) is 81.6 Å². The van der Waals surface area contributed by atoms with Crippen molar-refractivity contribution in [3.8, 4) is 11.5 Å². The number of aromatic hydroxyl groups is 1. The van der Waals surface area contributed by atoms with E-state index in [1.165, 1.54) is 24.3 Å². The van der Waals surface area contributed by atoms with Gasteiger partial charge in [-0.1, -0.05) is 18.2 Å². The Hall–Kier alpha value is -3.04. The van der Waals surface area contributed by atoms with Crippen LogP contribution in [0.5, 0.6) is 11.5 Å². The van der Waals surface area contributed by atoms with Gasteiger partial charge in [-0.2, -0.15) is 13.2 Å². The van der Waals surface area contributed by atoms with Gasteiger partial charge in [0, 0.05) is 24.7 Å². The third-order valence-electron chi connectivity index (χ3n) is 9.77. The lowest BCUT2D eigenvalue weighted by atomic mass is 9.44. The highest BCUT2D eigenvalue weighted by molar-refractivity contribution is 5.92. The molecular weight excluding hydrogens is 497 g/mol. The molecule has 4 aliphatic rings. The number of likely N-dealkylation sites (tertiary alicyclic amines) is 1. The van der Waals surface area contributed by atoms with E-state index in [0.717, 1.165) is 29.8 Å². The molecule has 2 fully saturated rings. The van der Waals surface area contributed by atoms with Gasteiger partial charge in [0.25, 0.3) is 0 Å². The van der Waals surface area contributed by atoms with Crippen molar-refractivity contribution in [3.63, 3.8) is 0 Å². The van der Waals surface area contributed by atoms with E-state index in [0.29, 0.717) is 31.4 Å². The van der Waals surface area contributed by atoms with Gasteiger partial charge in [0.1, 0.15) is 5.60 Å². The zero-order valence-corrected chi connectivity index (χ0v) is 21.5. The van der Waals surface area contributed by atoms with Crippen molar-refractivity contribution in [1.82, 2.24) is 9.80 Å². The average molecular weight is 529 g/mol. The van der Waals surface area contributed by atoms with Crippen molar-refractivity contribution < 1.29 is 32.9 Å². The molecule has 38 heavy (non-hydrogen) atoms. The van der Waals surface area contributed by atoms with Crippen LogP contribution in [0.25, 0.3) is 6.08 Å². The van der Waals surface area contributed by atoms with Gasteiger partial charge in [-0.25, -0.2) is 0 Å². The van der Waals surface area contributed by atoms with Gasteiger partial charge in [-0.15, -0.1) is 0 Å². The van der Waals surface area contributed by atoms with Gasteiger partial charge >= 0.3 is 6.18 Å². The monoisotopic (exact) mass is 528 g/mol. The fourth-order valence-electron chi connectivity index (χ4n) is 8.00. The highest BCUT2D eigenvalue weighted by atomic mass is 19.4. The Balaban J connectivity index is 1.37. The maximum Gasteiger partial charge on any atom is 0.416 e. The molecule has 202 valence electrons. The maximum atomic E-state index is 13.4. The number of aliphatic hydroxyl groups is 1. The molecule has 2 unspecified atom stereocenters. The van der Waals surface area contributed by atoms with Crippen molar-refractivity contribution >= 4 is 12.0 Å². The molecule has 1 saturated carbocycles. The van der Waals surface area contributed by atoms with E-state index >= 15 is 0 Å². The zero-order chi connectivity index (χ0) is 27.3. The molecule has 6 rings (SSSR count). The fraction of sp³-hybridized carbons (Fsp3) is 0.483. The Labute approximate surface area is 219 Å². The van der Waals surface area contributed by atoms with Crippen molar-refractivity contribution in [3.05, 3.63) is 64.7 Å². The summed E-state index contributed by atoms with van der Waals surface area (Å²) in [4.78, 5) is 17.1. The highest BCUT2D eigenvalue weighted by Crippen LogP contribution is 2.69. The molecule has 1 amide bonds. The number of hydrogen-bond donors (Lipinski definition) is 2. The molecule has 2 N–H and O–H groups in total. The number of hydrogen-bond acceptors (Lipinski definition) is 5. The van der Waals surface area contributed by atoms with Gasteiger partial charge in [-0.3, -0.25) is 4.79 Å². The second-order valence-electron chi connectivity index (χ2n) is 11.4. The van der Waals surface area contributed by atoms with E-state index in [1.807, 2.05) is 20.0 Å². The van der Waals surface area contributed by atoms with E-state index in [2.05, 4.69) is 4.90 Å². The van der Waals surface area contributed by atoms with Gasteiger partial charge in [0.15, 0.2) is 11.5 Å². The molecule has 0 radical (unpaired) electrons. The van der Waals surface area contributed by atoms with Gasteiger partial charge in [0.2, 0.25) is 5.91 Å². The second kappa shape index (κ2) is 7.99. The third kappa shape index (κ3) is 3.12. The largest absolute Gasteiger partial charge is 0.504 e. The van der Waals surface area contributed by atoms with Crippen LogP contribution in [-0.4, -0.2) is 69.8 Å². The summed E-state index contributed by atoms with van der Waals surface area (Å²) in [6.07, 6.45) is 0.375. The minimum absolute atomic E-state index is 0.0191. The van der Waals surface area contributed by atoms with E-state index in [1.54, 1.807) is 18.0 Å². The molecule has 5 atom stereocenters. The number of amides is 1. The molecule has 1 saturated heterocycles. The topological polar surface area (TPSA) is 73.2 Å². The molecule has 2 aliphatic heterocycles. The Morgan fingerprint density at radius 2 is 2.00 bits per heavy atom. The number of likely N-dealkylation sites (N-methyl/N-ethyl adjacent to an activating group) is 2. The Morgan fingerprint density at radius 3 is 2.74 bits per heavy atom. The first-order valence-corrected chi connectivity index (χ1v) is 12.9. The number of halogens is 3. The molecule has 0 aromatic heterocycles. The molecule has 2 aliphatic carbocycles. The van der Waals surface area contributed by atoms with E-state index in [9.17, 15) is 28.2 Å². The lowest BCUT2D eigenvalue weighted by Gasteiger charge is -2.67. The molecule has 1 spiro atoms. The van der Waals surface area contributed by atoms with E-state index in [4.69, 9.17) is 4.74 Å². The number of piperidine rings is 1. The zero-order valence-electron chi connectivity index (χ0n) is 21.5. The Kier molecular flexibility index (Phi) is 5.31. The summed E-state index contributed by atoms with van der Waals surface area (Å²) in [5.74, 6) is 0.0316. The van der Waals surface area contributed by atoms with Gasteiger partial charge in [0.05, 0.1) is 22.6 Å². The SMILES string of the molecule is CN(C(=O)/C=C/c1cccc(C(F)(F)F)c1)C1CC[C@@]2(O)[C@H]3Cc4ccc(O)c5c4[C@@]2(CCN3C)C1(C)O5. The van der Waals surface area contributed by atoms with Crippen molar-refractivity contribution in [2.75, 3.05) is 20.6 Å². The van der Waals surface area contributed by atoms with Crippen LogP contribution in [0.4, 0.5) is 13.2 Å². The molecule has 2 bridgehead atoms. The molecule has 2 aromatic carbocycles. The van der Waals surface area contributed by atoms with Crippen molar-refractivity contribution in [2.24, 2.45) is 0 Å². The normalized spacial score (nSPS) is 33.7. The predicted molar refractivity (Wildman–Crippen MR) is 135 cm³/mol. The van der Waals surface area contributed by atoms with Crippen molar-refractivity contribution in [2.45, 2.75) is 67.5 Å². The first-order chi connectivity index (χ1) is 17.8. The smallest absolute Gasteiger partial charge is 0.416 e. The van der Waals surface area contributed by atoms with Crippen LogP contribution in [-0.2, 0) is 22.8 Å². The standard InChI is InChI=1S/C29H31F3N2O4/c1-26-21(34(3)23(36)10-7-17-5-4-6-19(15-17)29(30,31)32)11-12-28(37)22-16-18-8-9-20(35)25(38-26)24(18)27(26,28)13-14-33(22)2/h4-10,15,21-22,35,37H,11-14,16H2,1-3H3/b10-7+/t21?,22-,26?,27+,28-/m1/s1. The number of phenols is 1. The van der Waals surface area contributed by atoms with Crippen LogP contribution in [0.2, 0.25) is 0 Å². The average Bonchev–Trinajstić information content (AvgIpc) is 3.15. The summed E-state index contributed by atoms with van der Waals surface area (Å²) in [5, 5.41) is 23.2. The number of phenolic OH excluding ortho intramolecular Hbond substituents is 1. The van der Waals surface area contributed by atoms with E-state index < -0.39 is 34.4 Å². The summed E-state index contributed by atoms with van der Waals surface area (Å²) in [6, 6.07) is 7.81. The Bertz CT molecular complexity index is 1360. The summed E-state index contributed by atoms with van der Waals surface area (Å²) < 4.78 is 46.0. The lowest BCUT2D eigenvalue weighted by Crippen LogP contribution is -2.81. The molecule has 2 aromatic rings. The number of benzene rings is 2. The molecular formula is C29H31F3N2O4. The summed E-state index contributed by atoms with van der Waals surface area (Å²) >= 11 is 0. The van der Waals surface area contributed by atoms with Crippen LogP contribution < -0.4 is 4.74 Å². The summed E-state index contributed by atoms with van der Waals surface area (Å²) in [6.45, 7) is 2.67. The second-order valence-corrected chi connectivity index (χ2v) is 11.4. The van der Waals surface area contributed by atoms with E-state index in [-0.39, 0.29) is 23.3 Å². The third-order valence-corrected chi connectivity index (χ3v) is 9.77. The van der Waals surface area contributed by atoms with Crippen LogP contribution in [0.15, 0.2) is 42.5 Å². The minimum atomic E-state index is -4.47. The predicted octanol–water partition coefficient (Wildman–Crippen LogP) is 4.13. The lowest BCUT2D eigenvalue weighted by molar-refractivity contribution is -0.226. The maximum absolute atomic E-state index is 13.4. The number of rotatable bonds is 3. The number of alkyl halides is 3. The number of nitrogens with zero attached hydrogens (tertiary/aromatic N) is 2. The Morgan fingerprint density at radius 1 is 1.24 bits per heavy atom. The van der Waals surface area contributed by atoms with Crippen LogP contribution in [0.1, 0.15) is 48.4 Å². The number of carbonyl (C=O) groups excluding carboxylic acids is 1. The minimum Gasteiger partial charge on any atom is -0.504 e. The first-order valence-electron chi connectivity index (χ1n) is 12.9. The molecule has 9 heteroatoms. The summed E-state index contributed by atoms with van der Waals surface area (Å²) in [7, 11) is 3.69. The van der Waals surface area contributed by atoms with Gasteiger partial charge < -0.3 is 24.7 Å². The molecule has 6 nitrogen and oxygen atoms in total. The first kappa shape index (κ1) is 25.2.